The molecule has 0 spiro atoms. The van der Waals surface area contributed by atoms with E-state index in [4.69, 9.17) is 19.8 Å². The maximum Gasteiger partial charge on any atom is 0.151 e. The molecule has 0 aromatic carbocycles. The minimum absolute atomic E-state index is 0.287. The van der Waals surface area contributed by atoms with E-state index >= 15 is 0 Å². The fourth-order valence-corrected chi connectivity index (χ4v) is 0.987. The summed E-state index contributed by atoms with van der Waals surface area (Å²) < 4.78 is 5.41. The van der Waals surface area contributed by atoms with Crippen LogP contribution in [0, 0.1) is 0 Å². The summed E-state index contributed by atoms with van der Waals surface area (Å²) in [7, 11) is 1.60. The summed E-state index contributed by atoms with van der Waals surface area (Å²) in [5.74, 6) is 0. The molecule has 0 aliphatic carbocycles. The zero-order valence-electron chi connectivity index (χ0n) is 10.2. The standard InChI is InChI=1S/C10H21NO5/c1-8(15-10(2,3)7-14)11(4)16-9(5-12)6-13/h7-9,12-13H,5-6H2,1-4H3. The number of aldehydes is 1. The number of ether oxygens (including phenoxy) is 1. The van der Waals surface area contributed by atoms with Gasteiger partial charge in [0.25, 0.3) is 0 Å². The summed E-state index contributed by atoms with van der Waals surface area (Å²) in [6.45, 7) is 4.41. The maximum absolute atomic E-state index is 10.7. The van der Waals surface area contributed by atoms with Crippen LogP contribution in [0.4, 0.5) is 0 Å². The molecule has 0 radical (unpaired) electrons. The minimum atomic E-state index is -0.898. The van der Waals surface area contributed by atoms with Crippen molar-refractivity contribution >= 4 is 6.29 Å². The average molecular weight is 235 g/mol. The predicted molar refractivity (Wildman–Crippen MR) is 57.5 cm³/mol. The highest BCUT2D eigenvalue weighted by Gasteiger charge is 2.24. The molecule has 0 aliphatic rings. The molecule has 1 unspecified atom stereocenters. The molecule has 0 bridgehead atoms. The van der Waals surface area contributed by atoms with Crippen molar-refractivity contribution in [1.82, 2.24) is 5.06 Å². The van der Waals surface area contributed by atoms with Gasteiger partial charge in [-0.3, -0.25) is 4.84 Å². The fourth-order valence-electron chi connectivity index (χ4n) is 0.987. The normalized spacial score (nSPS) is 14.5. The molecular formula is C10H21NO5. The number of hydrogen-bond donors (Lipinski definition) is 2. The highest BCUT2D eigenvalue weighted by Crippen LogP contribution is 2.12. The molecule has 1 atom stereocenters. The molecule has 6 nitrogen and oxygen atoms in total. The predicted octanol–water partition coefficient (Wildman–Crippen LogP) is -0.457. The highest BCUT2D eigenvalue weighted by molar-refractivity contribution is 5.60. The molecule has 0 saturated heterocycles. The van der Waals surface area contributed by atoms with Crippen molar-refractivity contribution in [3.63, 3.8) is 0 Å². The third-order valence-corrected chi connectivity index (χ3v) is 1.99. The number of carbonyl (C=O) groups excluding carboxylic acids is 1. The second-order valence-corrected chi connectivity index (χ2v) is 4.08. The molecule has 0 amide bonds. The topological polar surface area (TPSA) is 79.2 Å². The van der Waals surface area contributed by atoms with Crippen molar-refractivity contribution in [2.24, 2.45) is 0 Å². The van der Waals surface area contributed by atoms with Crippen molar-refractivity contribution in [2.75, 3.05) is 20.3 Å². The van der Waals surface area contributed by atoms with Crippen molar-refractivity contribution in [3.8, 4) is 0 Å². The Labute approximate surface area is 95.7 Å². The first kappa shape index (κ1) is 15.5. The highest BCUT2D eigenvalue weighted by atomic mass is 16.7. The average Bonchev–Trinajstić information content (AvgIpc) is 2.24. The lowest BCUT2D eigenvalue weighted by molar-refractivity contribution is -0.282. The van der Waals surface area contributed by atoms with Gasteiger partial charge in [0, 0.05) is 7.05 Å². The first-order valence-corrected chi connectivity index (χ1v) is 5.11. The third-order valence-electron chi connectivity index (χ3n) is 1.99. The van der Waals surface area contributed by atoms with E-state index in [1.165, 1.54) is 5.06 Å². The van der Waals surface area contributed by atoms with Crippen LogP contribution in [0.3, 0.4) is 0 Å². The Morgan fingerprint density at radius 2 is 1.88 bits per heavy atom. The summed E-state index contributed by atoms with van der Waals surface area (Å²) in [4.78, 5) is 15.8. The summed E-state index contributed by atoms with van der Waals surface area (Å²) in [6.07, 6.45) is -0.455. The molecule has 0 aromatic rings. The van der Waals surface area contributed by atoms with Crippen LogP contribution >= 0.6 is 0 Å². The molecule has 0 aromatic heterocycles. The van der Waals surface area contributed by atoms with Crippen LogP contribution in [-0.2, 0) is 14.4 Å². The van der Waals surface area contributed by atoms with Crippen molar-refractivity contribution in [3.05, 3.63) is 0 Å². The number of rotatable bonds is 8. The van der Waals surface area contributed by atoms with Gasteiger partial charge in [-0.2, -0.15) is 5.06 Å². The van der Waals surface area contributed by atoms with Gasteiger partial charge >= 0.3 is 0 Å². The SMILES string of the molecule is CC(OC(C)(C)C=O)N(C)OC(CO)CO. The van der Waals surface area contributed by atoms with Gasteiger partial charge in [-0.15, -0.1) is 0 Å². The Balaban J connectivity index is 4.17. The summed E-state index contributed by atoms with van der Waals surface area (Å²) in [5.41, 5.74) is -0.898. The lowest BCUT2D eigenvalue weighted by Crippen LogP contribution is -2.42. The number of aliphatic hydroxyl groups excluding tert-OH is 2. The van der Waals surface area contributed by atoms with Crippen LogP contribution in [0.5, 0.6) is 0 Å². The maximum atomic E-state index is 10.7. The van der Waals surface area contributed by atoms with Crippen molar-refractivity contribution < 1.29 is 24.6 Å². The quantitative estimate of drug-likeness (QED) is 0.337. The summed E-state index contributed by atoms with van der Waals surface area (Å²) >= 11 is 0. The minimum Gasteiger partial charge on any atom is -0.393 e. The van der Waals surface area contributed by atoms with E-state index in [9.17, 15) is 4.79 Å². The van der Waals surface area contributed by atoms with Crippen LogP contribution < -0.4 is 0 Å². The van der Waals surface area contributed by atoms with Gasteiger partial charge in [0.2, 0.25) is 0 Å². The van der Waals surface area contributed by atoms with E-state index in [2.05, 4.69) is 0 Å². The van der Waals surface area contributed by atoms with Gasteiger partial charge in [0.1, 0.15) is 17.9 Å². The molecular weight excluding hydrogens is 214 g/mol. The van der Waals surface area contributed by atoms with Crippen LogP contribution in [0.25, 0.3) is 0 Å². The number of carbonyl (C=O) groups is 1. The van der Waals surface area contributed by atoms with E-state index in [0.29, 0.717) is 6.29 Å². The van der Waals surface area contributed by atoms with E-state index in [1.54, 1.807) is 27.8 Å². The van der Waals surface area contributed by atoms with E-state index in [0.717, 1.165) is 0 Å². The second-order valence-electron chi connectivity index (χ2n) is 4.08. The van der Waals surface area contributed by atoms with Crippen molar-refractivity contribution in [1.29, 1.82) is 0 Å². The van der Waals surface area contributed by atoms with E-state index in [1.807, 2.05) is 0 Å². The van der Waals surface area contributed by atoms with Crippen LogP contribution in [-0.4, -0.2) is 59.8 Å². The third kappa shape index (κ3) is 5.53. The van der Waals surface area contributed by atoms with Gasteiger partial charge in [0.05, 0.1) is 13.2 Å². The molecule has 6 heteroatoms. The Bertz CT molecular complexity index is 205. The zero-order valence-corrected chi connectivity index (χ0v) is 10.2. The Hall–Kier alpha value is -0.530. The lowest BCUT2D eigenvalue weighted by Gasteiger charge is -2.31. The van der Waals surface area contributed by atoms with Gasteiger partial charge in [-0.05, 0) is 20.8 Å². The van der Waals surface area contributed by atoms with Gasteiger partial charge < -0.3 is 19.7 Å². The van der Waals surface area contributed by atoms with Crippen molar-refractivity contribution in [2.45, 2.75) is 38.7 Å². The largest absolute Gasteiger partial charge is 0.393 e. The van der Waals surface area contributed by atoms with Crippen LogP contribution in [0.15, 0.2) is 0 Å². The zero-order chi connectivity index (χ0) is 12.8. The number of hydrogen-bond acceptors (Lipinski definition) is 6. The first-order chi connectivity index (χ1) is 7.36. The summed E-state index contributed by atoms with van der Waals surface area (Å²) in [5, 5.41) is 19.0. The first-order valence-electron chi connectivity index (χ1n) is 5.11. The smallest absolute Gasteiger partial charge is 0.151 e. The number of hydroxylamine groups is 2. The second kappa shape index (κ2) is 6.93. The Kier molecular flexibility index (Phi) is 6.70. The molecule has 0 rings (SSSR count). The Morgan fingerprint density at radius 1 is 1.38 bits per heavy atom. The molecule has 0 saturated carbocycles. The molecule has 2 N–H and O–H groups in total. The fraction of sp³-hybridized carbons (Fsp3) is 0.900. The van der Waals surface area contributed by atoms with E-state index < -0.39 is 17.9 Å². The molecule has 0 aliphatic heterocycles. The van der Waals surface area contributed by atoms with Gasteiger partial charge in [-0.1, -0.05) is 0 Å². The van der Waals surface area contributed by atoms with Crippen LogP contribution in [0.1, 0.15) is 20.8 Å². The molecule has 0 heterocycles. The van der Waals surface area contributed by atoms with Gasteiger partial charge in [-0.25, -0.2) is 0 Å². The lowest BCUT2D eigenvalue weighted by atomic mass is 10.2. The molecule has 16 heavy (non-hydrogen) atoms. The summed E-state index contributed by atoms with van der Waals surface area (Å²) in [6, 6.07) is 0. The monoisotopic (exact) mass is 235 g/mol. The molecule has 96 valence electrons. The molecule has 0 fully saturated rings. The van der Waals surface area contributed by atoms with E-state index in [-0.39, 0.29) is 13.2 Å². The number of nitrogens with zero attached hydrogens (tertiary/aromatic N) is 1. The number of aliphatic hydroxyl groups is 2. The van der Waals surface area contributed by atoms with Crippen LogP contribution in [0.2, 0.25) is 0 Å². The Morgan fingerprint density at radius 3 is 2.25 bits per heavy atom. The van der Waals surface area contributed by atoms with Gasteiger partial charge in [0.15, 0.2) is 6.29 Å².